The Morgan fingerprint density at radius 3 is 2.20 bits per heavy atom. The third-order valence-electron chi connectivity index (χ3n) is 6.73. The standard InChI is InChI=1S/C27H34N4O4/c1-18-15-21-16-23(34-3)24(35-4)17-22(21)25(29-31(18)27(33)28-2)19-9-11-20(12-10-19)26(32)30-13-7-5-6-8-14-30/h9-12,16-18H,5-8,13-15H2,1-4H3,(H,28,33). The van der Waals surface area contributed by atoms with E-state index < -0.39 is 0 Å². The molecule has 2 aromatic rings. The van der Waals surface area contributed by atoms with Gasteiger partial charge in [0.05, 0.1) is 26.0 Å². The average molecular weight is 479 g/mol. The molecule has 0 aliphatic carbocycles. The van der Waals surface area contributed by atoms with Crippen LogP contribution in [0.15, 0.2) is 41.5 Å². The number of methoxy groups -OCH3 is 2. The van der Waals surface area contributed by atoms with Gasteiger partial charge < -0.3 is 19.7 Å². The van der Waals surface area contributed by atoms with Gasteiger partial charge in [-0.25, -0.2) is 9.80 Å². The zero-order valence-corrected chi connectivity index (χ0v) is 21.0. The summed E-state index contributed by atoms with van der Waals surface area (Å²) in [6.45, 7) is 3.58. The van der Waals surface area contributed by atoms with Gasteiger partial charge in [0.15, 0.2) is 11.5 Å². The van der Waals surface area contributed by atoms with E-state index >= 15 is 0 Å². The zero-order valence-electron chi connectivity index (χ0n) is 21.0. The first kappa shape index (κ1) is 24.6. The van der Waals surface area contributed by atoms with Crippen LogP contribution in [0, 0.1) is 0 Å². The number of amides is 3. The molecule has 2 aromatic carbocycles. The summed E-state index contributed by atoms with van der Waals surface area (Å²) in [6.07, 6.45) is 5.06. The number of carbonyl (C=O) groups is 2. The van der Waals surface area contributed by atoms with E-state index in [1.54, 1.807) is 21.3 Å². The van der Waals surface area contributed by atoms with E-state index in [2.05, 4.69) is 5.32 Å². The Morgan fingerprint density at radius 2 is 1.60 bits per heavy atom. The lowest BCUT2D eigenvalue weighted by molar-refractivity contribution is 0.0761. The summed E-state index contributed by atoms with van der Waals surface area (Å²) in [5.41, 5.74) is 3.99. The van der Waals surface area contributed by atoms with Crippen LogP contribution < -0.4 is 14.8 Å². The molecular formula is C27H34N4O4. The summed E-state index contributed by atoms with van der Waals surface area (Å²) in [4.78, 5) is 27.7. The van der Waals surface area contributed by atoms with Crippen LogP contribution in [0.25, 0.3) is 0 Å². The predicted octanol–water partition coefficient (Wildman–Crippen LogP) is 4.06. The highest BCUT2D eigenvalue weighted by Gasteiger charge is 2.28. The molecule has 0 spiro atoms. The highest BCUT2D eigenvalue weighted by Crippen LogP contribution is 2.34. The lowest BCUT2D eigenvalue weighted by Gasteiger charge is -2.22. The van der Waals surface area contributed by atoms with Gasteiger partial charge >= 0.3 is 6.03 Å². The van der Waals surface area contributed by atoms with Crippen LogP contribution in [0.1, 0.15) is 59.7 Å². The topological polar surface area (TPSA) is 83.5 Å². The minimum absolute atomic E-state index is 0.0636. The first-order valence-corrected chi connectivity index (χ1v) is 12.2. The quantitative estimate of drug-likeness (QED) is 0.718. The van der Waals surface area contributed by atoms with E-state index in [-0.39, 0.29) is 18.0 Å². The number of hydrazone groups is 1. The Balaban J connectivity index is 1.75. The maximum Gasteiger partial charge on any atom is 0.337 e. The smallest absolute Gasteiger partial charge is 0.337 e. The molecule has 4 rings (SSSR count). The molecule has 0 radical (unpaired) electrons. The molecule has 1 unspecified atom stereocenters. The van der Waals surface area contributed by atoms with Crippen LogP contribution in [-0.2, 0) is 6.42 Å². The van der Waals surface area contributed by atoms with E-state index in [0.717, 1.165) is 42.6 Å². The fourth-order valence-corrected chi connectivity index (χ4v) is 4.78. The molecule has 1 atom stereocenters. The van der Waals surface area contributed by atoms with Crippen LogP contribution in [0.4, 0.5) is 4.79 Å². The van der Waals surface area contributed by atoms with Gasteiger partial charge in [-0.1, -0.05) is 25.0 Å². The van der Waals surface area contributed by atoms with E-state index in [0.29, 0.717) is 29.2 Å². The molecule has 35 heavy (non-hydrogen) atoms. The Kier molecular flexibility index (Phi) is 7.58. The van der Waals surface area contributed by atoms with Crippen LogP contribution >= 0.6 is 0 Å². The summed E-state index contributed by atoms with van der Waals surface area (Å²) in [5.74, 6) is 1.28. The fourth-order valence-electron chi connectivity index (χ4n) is 4.78. The van der Waals surface area contributed by atoms with Crippen LogP contribution in [0.5, 0.6) is 11.5 Å². The second-order valence-electron chi connectivity index (χ2n) is 9.05. The number of ether oxygens (including phenoxy) is 2. The predicted molar refractivity (Wildman–Crippen MR) is 135 cm³/mol. The van der Waals surface area contributed by atoms with Crippen LogP contribution in [0.3, 0.4) is 0 Å². The Morgan fingerprint density at radius 1 is 0.971 bits per heavy atom. The molecule has 3 amide bonds. The Hall–Kier alpha value is -3.55. The zero-order chi connectivity index (χ0) is 24.9. The summed E-state index contributed by atoms with van der Waals surface area (Å²) in [5, 5.41) is 8.95. The molecule has 8 nitrogen and oxygen atoms in total. The van der Waals surface area contributed by atoms with Crippen LogP contribution in [0.2, 0.25) is 0 Å². The van der Waals surface area contributed by atoms with Gasteiger partial charge in [0.25, 0.3) is 5.91 Å². The lowest BCUT2D eigenvalue weighted by Crippen LogP contribution is -2.41. The molecular weight excluding hydrogens is 444 g/mol. The maximum absolute atomic E-state index is 13.1. The van der Waals surface area contributed by atoms with Crippen molar-refractivity contribution in [1.82, 2.24) is 15.2 Å². The SMILES string of the molecule is CNC(=O)N1N=C(c2ccc(C(=O)N3CCCCCC3)cc2)c2cc(OC)c(OC)cc2CC1C. The molecule has 2 heterocycles. The van der Waals surface area contributed by atoms with E-state index in [1.807, 2.05) is 48.2 Å². The number of urea groups is 1. The number of likely N-dealkylation sites (tertiary alicyclic amines) is 1. The molecule has 0 aromatic heterocycles. The van der Waals surface area contributed by atoms with Gasteiger partial charge in [0.2, 0.25) is 0 Å². The third kappa shape index (κ3) is 5.11. The maximum atomic E-state index is 13.1. The van der Waals surface area contributed by atoms with Crippen molar-refractivity contribution in [2.45, 2.75) is 45.1 Å². The fraction of sp³-hybridized carbons (Fsp3) is 0.444. The van der Waals surface area contributed by atoms with Gasteiger partial charge in [-0.05, 0) is 56.0 Å². The van der Waals surface area contributed by atoms with Gasteiger partial charge in [-0.15, -0.1) is 0 Å². The number of rotatable bonds is 4. The number of hydrogen-bond acceptors (Lipinski definition) is 5. The molecule has 0 bridgehead atoms. The number of carbonyl (C=O) groups excluding carboxylic acids is 2. The van der Waals surface area contributed by atoms with Crippen molar-refractivity contribution in [2.24, 2.45) is 5.10 Å². The Bertz CT molecular complexity index is 1100. The molecule has 2 aliphatic rings. The Labute approximate surface area is 206 Å². The van der Waals surface area contributed by atoms with Gasteiger partial charge in [0, 0.05) is 36.8 Å². The number of benzene rings is 2. The van der Waals surface area contributed by atoms with Gasteiger partial charge in [0.1, 0.15) is 0 Å². The third-order valence-corrected chi connectivity index (χ3v) is 6.73. The van der Waals surface area contributed by atoms with Crippen molar-refractivity contribution >= 4 is 17.6 Å². The molecule has 2 aliphatic heterocycles. The van der Waals surface area contributed by atoms with Crippen LogP contribution in [-0.4, -0.2) is 68.0 Å². The van der Waals surface area contributed by atoms with Crippen molar-refractivity contribution in [3.05, 3.63) is 58.7 Å². The largest absolute Gasteiger partial charge is 0.493 e. The molecule has 8 heteroatoms. The molecule has 0 saturated carbocycles. The van der Waals surface area contributed by atoms with Crippen molar-refractivity contribution in [1.29, 1.82) is 0 Å². The summed E-state index contributed by atoms with van der Waals surface area (Å²) in [6, 6.07) is 10.9. The second-order valence-corrected chi connectivity index (χ2v) is 9.05. The molecule has 1 N–H and O–H groups in total. The summed E-state index contributed by atoms with van der Waals surface area (Å²) < 4.78 is 11.1. The minimum atomic E-state index is -0.283. The highest BCUT2D eigenvalue weighted by atomic mass is 16.5. The second kappa shape index (κ2) is 10.8. The first-order valence-electron chi connectivity index (χ1n) is 12.2. The molecule has 186 valence electrons. The monoisotopic (exact) mass is 478 g/mol. The lowest BCUT2D eigenvalue weighted by atomic mass is 9.93. The highest BCUT2D eigenvalue weighted by molar-refractivity contribution is 6.15. The summed E-state index contributed by atoms with van der Waals surface area (Å²) >= 11 is 0. The first-order chi connectivity index (χ1) is 17.0. The minimum Gasteiger partial charge on any atom is -0.493 e. The molecule has 1 saturated heterocycles. The van der Waals surface area contributed by atoms with Gasteiger partial charge in [-0.3, -0.25) is 4.79 Å². The van der Waals surface area contributed by atoms with E-state index in [4.69, 9.17) is 14.6 Å². The van der Waals surface area contributed by atoms with E-state index in [1.165, 1.54) is 17.9 Å². The number of fused-ring (bicyclic) bond motifs is 1. The number of nitrogens with zero attached hydrogens (tertiary/aromatic N) is 3. The number of hydrogen-bond donors (Lipinski definition) is 1. The van der Waals surface area contributed by atoms with Crippen molar-refractivity contribution in [3.8, 4) is 11.5 Å². The molecule has 1 fully saturated rings. The van der Waals surface area contributed by atoms with Gasteiger partial charge in [-0.2, -0.15) is 5.10 Å². The van der Waals surface area contributed by atoms with Crippen molar-refractivity contribution in [3.63, 3.8) is 0 Å². The van der Waals surface area contributed by atoms with Crippen molar-refractivity contribution < 1.29 is 19.1 Å². The number of nitrogens with one attached hydrogen (secondary N) is 1. The average Bonchev–Trinajstić information content (AvgIpc) is 3.24. The normalized spacial score (nSPS) is 18.1. The summed E-state index contributed by atoms with van der Waals surface area (Å²) in [7, 11) is 4.80. The van der Waals surface area contributed by atoms with Crippen molar-refractivity contribution in [2.75, 3.05) is 34.4 Å². The van der Waals surface area contributed by atoms with E-state index in [9.17, 15) is 9.59 Å².